The van der Waals surface area contributed by atoms with Gasteiger partial charge in [0.1, 0.15) is 10.7 Å². The summed E-state index contributed by atoms with van der Waals surface area (Å²) in [6.07, 6.45) is 1.75. The summed E-state index contributed by atoms with van der Waals surface area (Å²) in [7, 11) is -4.10. The van der Waals surface area contributed by atoms with E-state index in [0.29, 0.717) is 12.8 Å². The first-order chi connectivity index (χ1) is 10.7. The van der Waals surface area contributed by atoms with E-state index >= 15 is 0 Å². The van der Waals surface area contributed by atoms with Gasteiger partial charge in [-0.15, -0.1) is 0 Å². The molecule has 2 fully saturated rings. The van der Waals surface area contributed by atoms with Crippen molar-refractivity contribution in [2.45, 2.75) is 43.4 Å². The van der Waals surface area contributed by atoms with Crippen LogP contribution in [-0.2, 0) is 16.4 Å². The molecule has 1 aromatic rings. The van der Waals surface area contributed by atoms with E-state index in [2.05, 4.69) is 4.72 Å². The van der Waals surface area contributed by atoms with Crippen molar-refractivity contribution in [1.82, 2.24) is 4.72 Å². The van der Waals surface area contributed by atoms with E-state index in [4.69, 9.17) is 9.52 Å². The number of carboxylic acid groups (broad SMARTS) is 1. The first kappa shape index (κ1) is 16.4. The maximum absolute atomic E-state index is 13.8. The van der Waals surface area contributed by atoms with E-state index in [0.717, 1.165) is 12.5 Å². The lowest BCUT2D eigenvalue weighted by Gasteiger charge is -2.26. The van der Waals surface area contributed by atoms with Gasteiger partial charge >= 0.3 is 5.97 Å². The highest BCUT2D eigenvalue weighted by Gasteiger charge is 2.81. The third kappa shape index (κ3) is 2.28. The van der Waals surface area contributed by atoms with Crippen LogP contribution in [0.25, 0.3) is 0 Å². The first-order valence-corrected chi connectivity index (χ1v) is 8.87. The van der Waals surface area contributed by atoms with Gasteiger partial charge < -0.3 is 9.52 Å². The largest absolute Gasteiger partial charge is 0.475 e. The number of rotatable bonds is 6. The second-order valence-corrected chi connectivity index (χ2v) is 7.83. The Hall–Kier alpha value is -1.48. The van der Waals surface area contributed by atoms with Gasteiger partial charge in [-0.3, -0.25) is 0 Å². The van der Waals surface area contributed by atoms with Gasteiger partial charge in [0.05, 0.1) is 0 Å². The molecule has 0 bridgehead atoms. The summed E-state index contributed by atoms with van der Waals surface area (Å²) in [6.45, 7) is 1.26. The molecule has 1 heterocycles. The summed E-state index contributed by atoms with van der Waals surface area (Å²) in [5.74, 6) is -5.70. The zero-order chi connectivity index (χ0) is 17.0. The zero-order valence-corrected chi connectivity index (χ0v) is 13.3. The highest BCUT2D eigenvalue weighted by Crippen LogP contribution is 2.75. The topological polar surface area (TPSA) is 96.6 Å². The fourth-order valence-corrected chi connectivity index (χ4v) is 4.71. The Balaban J connectivity index is 1.77. The van der Waals surface area contributed by atoms with Crippen molar-refractivity contribution in [3.05, 3.63) is 17.6 Å². The molecule has 9 heteroatoms. The monoisotopic (exact) mass is 349 g/mol. The second kappa shape index (κ2) is 5.01. The van der Waals surface area contributed by atoms with Crippen LogP contribution in [0.3, 0.4) is 0 Å². The maximum Gasteiger partial charge on any atom is 0.371 e. The fraction of sp³-hybridized carbons (Fsp3) is 0.643. The number of alkyl halides is 2. The molecule has 0 radical (unpaired) electrons. The number of aryl methyl sites for hydroxylation is 1. The van der Waals surface area contributed by atoms with Crippen LogP contribution in [0.15, 0.2) is 15.4 Å². The van der Waals surface area contributed by atoms with Crippen LogP contribution in [0.2, 0.25) is 0 Å². The molecule has 2 aliphatic carbocycles. The van der Waals surface area contributed by atoms with E-state index in [1.807, 2.05) is 0 Å². The number of aromatic carboxylic acids is 1. The normalized spacial score (nSPS) is 24.4. The Morgan fingerprint density at radius 3 is 2.57 bits per heavy atom. The predicted molar refractivity (Wildman–Crippen MR) is 75.0 cm³/mol. The standard InChI is InChI=1S/C14H17F2NO5S/c1-2-8-10(6-9(22-8)12(18)19)23(20,21)17-7-11-13(4-3-5-13)14(11,15)16/h6,11,17H,2-5,7H2,1H3,(H,18,19). The van der Waals surface area contributed by atoms with Crippen molar-refractivity contribution in [3.63, 3.8) is 0 Å². The van der Waals surface area contributed by atoms with Gasteiger partial charge in [-0.2, -0.15) is 0 Å². The molecule has 0 saturated heterocycles. The van der Waals surface area contributed by atoms with Crippen LogP contribution in [0, 0.1) is 11.3 Å². The molecule has 128 valence electrons. The molecule has 0 aromatic carbocycles. The Morgan fingerprint density at radius 2 is 2.13 bits per heavy atom. The van der Waals surface area contributed by atoms with Crippen LogP contribution < -0.4 is 4.72 Å². The van der Waals surface area contributed by atoms with Gasteiger partial charge in [0, 0.05) is 30.4 Å². The molecule has 6 nitrogen and oxygen atoms in total. The SMILES string of the molecule is CCc1oc(C(=O)O)cc1S(=O)(=O)NCC1C(F)(F)C12CCC2. The molecule has 23 heavy (non-hydrogen) atoms. The average Bonchev–Trinajstić information content (AvgIpc) is 2.76. The molecular formula is C14H17F2NO5S. The third-order valence-electron chi connectivity index (χ3n) is 5.00. The Labute approximate surface area is 131 Å². The van der Waals surface area contributed by atoms with Crippen molar-refractivity contribution in [2.24, 2.45) is 11.3 Å². The second-order valence-electron chi connectivity index (χ2n) is 6.09. The number of halogens is 2. The third-order valence-corrected chi connectivity index (χ3v) is 6.47. The molecule has 0 aliphatic heterocycles. The number of carbonyl (C=O) groups is 1. The van der Waals surface area contributed by atoms with E-state index in [-0.39, 0.29) is 23.6 Å². The maximum atomic E-state index is 13.8. The number of nitrogens with one attached hydrogen (secondary N) is 1. The summed E-state index contributed by atoms with van der Waals surface area (Å²) >= 11 is 0. The van der Waals surface area contributed by atoms with Gasteiger partial charge in [-0.1, -0.05) is 13.3 Å². The van der Waals surface area contributed by atoms with Crippen LogP contribution in [0.5, 0.6) is 0 Å². The molecule has 0 amide bonds. The minimum Gasteiger partial charge on any atom is -0.475 e. The Kier molecular flexibility index (Phi) is 3.57. The van der Waals surface area contributed by atoms with Crippen molar-refractivity contribution >= 4 is 16.0 Å². The molecule has 2 aliphatic rings. The van der Waals surface area contributed by atoms with Gasteiger partial charge in [-0.25, -0.2) is 26.7 Å². The highest BCUT2D eigenvalue weighted by atomic mass is 32.2. The summed E-state index contributed by atoms with van der Waals surface area (Å²) < 4.78 is 59.4. The molecule has 1 atom stereocenters. The van der Waals surface area contributed by atoms with Crippen molar-refractivity contribution in [3.8, 4) is 0 Å². The Morgan fingerprint density at radius 1 is 1.48 bits per heavy atom. The molecule has 1 aromatic heterocycles. The number of sulfonamides is 1. The molecule has 2 N–H and O–H groups in total. The van der Waals surface area contributed by atoms with Crippen LogP contribution >= 0.6 is 0 Å². The summed E-state index contributed by atoms with van der Waals surface area (Å²) in [5, 5.41) is 8.88. The van der Waals surface area contributed by atoms with E-state index in [9.17, 15) is 22.0 Å². The lowest BCUT2D eigenvalue weighted by molar-refractivity contribution is 0.0281. The molecule has 3 rings (SSSR count). The predicted octanol–water partition coefficient (Wildman–Crippen LogP) is 2.25. The molecular weight excluding hydrogens is 332 g/mol. The van der Waals surface area contributed by atoms with E-state index in [1.54, 1.807) is 6.92 Å². The number of hydrogen-bond acceptors (Lipinski definition) is 4. The van der Waals surface area contributed by atoms with Gasteiger partial charge in [-0.05, 0) is 12.8 Å². The number of furan rings is 1. The van der Waals surface area contributed by atoms with Crippen LogP contribution in [0.4, 0.5) is 8.78 Å². The number of hydrogen-bond donors (Lipinski definition) is 2. The Bertz CT molecular complexity index is 751. The highest BCUT2D eigenvalue weighted by molar-refractivity contribution is 7.89. The van der Waals surface area contributed by atoms with E-state index in [1.165, 1.54) is 0 Å². The summed E-state index contributed by atoms with van der Waals surface area (Å²) in [5.41, 5.74) is -1.04. The molecule has 2 saturated carbocycles. The average molecular weight is 349 g/mol. The summed E-state index contributed by atoms with van der Waals surface area (Å²) in [6, 6.07) is 0.910. The smallest absolute Gasteiger partial charge is 0.371 e. The minimum atomic E-state index is -4.10. The number of carboxylic acids is 1. The van der Waals surface area contributed by atoms with Gasteiger partial charge in [0.15, 0.2) is 0 Å². The van der Waals surface area contributed by atoms with Crippen molar-refractivity contribution in [1.29, 1.82) is 0 Å². The molecule has 1 unspecified atom stereocenters. The zero-order valence-electron chi connectivity index (χ0n) is 12.4. The fourth-order valence-electron chi connectivity index (χ4n) is 3.42. The minimum absolute atomic E-state index is 0.00388. The van der Waals surface area contributed by atoms with Crippen LogP contribution in [-0.4, -0.2) is 32.0 Å². The van der Waals surface area contributed by atoms with Crippen molar-refractivity contribution in [2.75, 3.05) is 6.54 Å². The van der Waals surface area contributed by atoms with Crippen molar-refractivity contribution < 1.29 is 31.5 Å². The molecule has 1 spiro atoms. The van der Waals surface area contributed by atoms with E-state index < -0.39 is 39.0 Å². The summed E-state index contributed by atoms with van der Waals surface area (Å²) in [4.78, 5) is 10.6. The quantitative estimate of drug-likeness (QED) is 0.821. The van der Waals surface area contributed by atoms with Gasteiger partial charge in [0.2, 0.25) is 15.8 Å². The van der Waals surface area contributed by atoms with Gasteiger partial charge in [0.25, 0.3) is 5.92 Å². The first-order valence-electron chi connectivity index (χ1n) is 7.39. The lowest BCUT2D eigenvalue weighted by atomic mass is 9.79. The lowest BCUT2D eigenvalue weighted by Crippen LogP contribution is -2.29. The van der Waals surface area contributed by atoms with Crippen LogP contribution in [0.1, 0.15) is 42.5 Å².